The Morgan fingerprint density at radius 3 is 1.51 bits per heavy atom. The molecule has 0 fully saturated rings. The third kappa shape index (κ3) is 26.5. The van der Waals surface area contributed by atoms with Gasteiger partial charge in [0.2, 0.25) is 0 Å². The highest BCUT2D eigenvalue weighted by atomic mass is 16.8. The van der Waals surface area contributed by atoms with Crippen LogP contribution in [0.2, 0.25) is 0 Å². The minimum absolute atomic E-state index is 0.0787. The number of unbranched alkanes of at least 4 members (excludes halogenated alkanes) is 21. The minimum atomic E-state index is -0.575. The zero-order valence-corrected chi connectivity index (χ0v) is 33.1. The van der Waals surface area contributed by atoms with E-state index >= 15 is 0 Å². The lowest BCUT2D eigenvalue weighted by molar-refractivity contribution is 0.0295. The third-order valence-corrected chi connectivity index (χ3v) is 10.5. The van der Waals surface area contributed by atoms with Crippen molar-refractivity contribution in [2.45, 2.75) is 219 Å². The van der Waals surface area contributed by atoms with Gasteiger partial charge in [0.1, 0.15) is 5.69 Å². The van der Waals surface area contributed by atoms with Crippen molar-refractivity contribution in [1.82, 2.24) is 0 Å². The van der Waals surface area contributed by atoms with Gasteiger partial charge in [-0.05, 0) is 62.6 Å². The van der Waals surface area contributed by atoms with Crippen molar-refractivity contribution >= 4 is 22.8 Å². The zero-order chi connectivity index (χ0) is 37.4. The first kappa shape index (κ1) is 47.1. The van der Waals surface area contributed by atoms with Crippen LogP contribution in [0.4, 0.5) is 17.1 Å². The Labute approximate surface area is 312 Å². The molecule has 0 saturated carbocycles. The fourth-order valence-corrected chi connectivity index (χ4v) is 6.78. The summed E-state index contributed by atoms with van der Waals surface area (Å²) in [6.45, 7) is 6.82. The largest absolute Gasteiger partial charge is 0.769 e. The Morgan fingerprint density at radius 1 is 0.647 bits per heavy atom. The smallest absolute Gasteiger partial charge is 0.121 e. The normalized spacial score (nSPS) is 13.1. The molecule has 0 saturated heterocycles. The van der Waals surface area contributed by atoms with Crippen molar-refractivity contribution in [2.24, 2.45) is 11.0 Å². The van der Waals surface area contributed by atoms with Crippen LogP contribution in [0.5, 0.6) is 0 Å². The highest BCUT2D eigenvalue weighted by Gasteiger charge is 2.10. The summed E-state index contributed by atoms with van der Waals surface area (Å²) in [6, 6.07) is 3.86. The van der Waals surface area contributed by atoms with Gasteiger partial charge in [0, 0.05) is 11.4 Å². The van der Waals surface area contributed by atoms with Gasteiger partial charge in [0.05, 0.1) is 11.8 Å². The quantitative estimate of drug-likeness (QED) is 0.0305. The molecule has 1 aromatic rings. The van der Waals surface area contributed by atoms with E-state index in [9.17, 15) is 25.9 Å². The topological polar surface area (TPSA) is 138 Å². The maximum absolute atomic E-state index is 11.1. The molecule has 1 rings (SSSR count). The van der Waals surface area contributed by atoms with Crippen molar-refractivity contribution < 1.29 is 15.5 Å². The van der Waals surface area contributed by atoms with Crippen LogP contribution in [0.25, 0.3) is 0 Å². The molecule has 1 aromatic carbocycles. The molecular formula is C42H78N4O5-2. The molecular weight excluding hydrogens is 640 g/mol. The first-order chi connectivity index (χ1) is 24.8. The number of hydrazone groups is 1. The average Bonchev–Trinajstić information content (AvgIpc) is 3.12. The van der Waals surface area contributed by atoms with E-state index in [1.807, 2.05) is 0 Å². The second kappa shape index (κ2) is 32.7. The highest BCUT2D eigenvalue weighted by molar-refractivity contribution is 5.86. The third-order valence-electron chi connectivity index (χ3n) is 10.5. The van der Waals surface area contributed by atoms with Gasteiger partial charge in [0.25, 0.3) is 0 Å². The van der Waals surface area contributed by atoms with E-state index in [1.165, 1.54) is 153 Å². The number of anilines is 3. The molecule has 0 bridgehead atoms. The van der Waals surface area contributed by atoms with Crippen LogP contribution in [0.15, 0.2) is 23.3 Å². The molecule has 0 aliphatic heterocycles. The monoisotopic (exact) mass is 719 g/mol. The molecule has 51 heavy (non-hydrogen) atoms. The van der Waals surface area contributed by atoms with Gasteiger partial charge in [-0.1, -0.05) is 175 Å². The first-order valence-electron chi connectivity index (χ1n) is 21.2. The minimum Gasteiger partial charge on any atom is -0.769 e. The predicted molar refractivity (Wildman–Crippen MR) is 218 cm³/mol. The number of rotatable bonds is 36. The van der Waals surface area contributed by atoms with Gasteiger partial charge in [-0.2, -0.15) is 5.10 Å². The summed E-state index contributed by atoms with van der Waals surface area (Å²) in [4.78, 5) is 0. The Balaban J connectivity index is 2.01. The maximum Gasteiger partial charge on any atom is 0.121 e. The summed E-state index contributed by atoms with van der Waals surface area (Å²) >= 11 is 0. The predicted octanol–water partition coefficient (Wildman–Crippen LogP) is 13.6. The van der Waals surface area contributed by atoms with Crippen LogP contribution in [0, 0.1) is 16.3 Å². The molecule has 4 N–H and O–H groups in total. The van der Waals surface area contributed by atoms with Crippen molar-refractivity contribution in [3.63, 3.8) is 0 Å². The number of nitrogens with one attached hydrogen (secondary N) is 1. The standard InChI is InChI=1S/C42H78N4O5/c1-4-6-24-30-38(43-44-41-35-34-39(45(48)49)36-42(41)46(50)51)31-26-21-17-15-13-11-9-7-8-10-12-14-16-18-22-27-32-40(47)33-28-23-19-20-25-29-37(3)5-2/h34-37,40,44,47,50-51H,4-33H2,1-3H3/q-2. The summed E-state index contributed by atoms with van der Waals surface area (Å²) in [5.74, 6) is 0.879. The van der Waals surface area contributed by atoms with E-state index in [-0.39, 0.29) is 22.7 Å². The lowest BCUT2D eigenvalue weighted by Crippen LogP contribution is -2.14. The van der Waals surface area contributed by atoms with Gasteiger partial charge >= 0.3 is 0 Å². The van der Waals surface area contributed by atoms with E-state index in [1.54, 1.807) is 0 Å². The summed E-state index contributed by atoms with van der Waals surface area (Å²) in [6.07, 6.45) is 37.0. The zero-order valence-electron chi connectivity index (χ0n) is 33.1. The van der Waals surface area contributed by atoms with Crippen molar-refractivity contribution in [3.05, 3.63) is 28.6 Å². The Hall–Kier alpha value is -1.91. The van der Waals surface area contributed by atoms with Gasteiger partial charge in [-0.3, -0.25) is 15.8 Å². The van der Waals surface area contributed by atoms with Crippen LogP contribution in [0.1, 0.15) is 213 Å². The van der Waals surface area contributed by atoms with Crippen LogP contribution in [-0.2, 0) is 0 Å². The Morgan fingerprint density at radius 2 is 1.08 bits per heavy atom. The van der Waals surface area contributed by atoms with Crippen molar-refractivity contribution in [3.8, 4) is 0 Å². The van der Waals surface area contributed by atoms with E-state index in [4.69, 9.17) is 0 Å². The molecule has 9 heteroatoms. The SMILES string of the molecule is CCCCCC(CCCCCCCCCCCCCCCCCCC(O)CCCCCCCC(C)CC)=NNc1ccc(N([O-])[O-])cc1N(O)O. The van der Waals surface area contributed by atoms with Gasteiger partial charge in [-0.15, -0.1) is 5.23 Å². The van der Waals surface area contributed by atoms with E-state index in [0.717, 1.165) is 69.1 Å². The molecule has 0 amide bonds. The lowest BCUT2D eigenvalue weighted by Gasteiger charge is -2.37. The van der Waals surface area contributed by atoms with Crippen LogP contribution in [0.3, 0.4) is 0 Å². The van der Waals surface area contributed by atoms with Gasteiger partial charge in [0.15, 0.2) is 0 Å². The maximum atomic E-state index is 11.1. The van der Waals surface area contributed by atoms with Crippen LogP contribution in [-0.4, -0.2) is 27.3 Å². The fraction of sp³-hybridized carbons (Fsp3) is 0.833. The Kier molecular flexibility index (Phi) is 30.2. The molecule has 0 radical (unpaired) electrons. The Bertz CT molecular complexity index is 961. The van der Waals surface area contributed by atoms with Crippen molar-refractivity contribution in [1.29, 1.82) is 0 Å². The second-order valence-electron chi connectivity index (χ2n) is 15.2. The van der Waals surface area contributed by atoms with E-state index in [2.05, 4.69) is 31.3 Å². The lowest BCUT2D eigenvalue weighted by atomic mass is 9.99. The van der Waals surface area contributed by atoms with E-state index < -0.39 is 5.23 Å². The molecule has 0 aromatic heterocycles. The van der Waals surface area contributed by atoms with Crippen molar-refractivity contribution in [2.75, 3.05) is 15.9 Å². The summed E-state index contributed by atoms with van der Waals surface area (Å²) < 4.78 is 0. The number of nitrogens with zero attached hydrogens (tertiary/aromatic N) is 3. The number of benzene rings is 1. The molecule has 0 spiro atoms. The second-order valence-corrected chi connectivity index (χ2v) is 15.2. The van der Waals surface area contributed by atoms with E-state index in [0.29, 0.717) is 5.69 Å². The first-order valence-corrected chi connectivity index (χ1v) is 21.2. The molecule has 298 valence electrons. The average molecular weight is 719 g/mol. The van der Waals surface area contributed by atoms with Gasteiger partial charge < -0.3 is 20.7 Å². The molecule has 9 nitrogen and oxygen atoms in total. The van der Waals surface area contributed by atoms with Crippen LogP contribution < -0.4 is 15.9 Å². The molecule has 0 aliphatic rings. The fourth-order valence-electron chi connectivity index (χ4n) is 6.78. The number of aliphatic hydroxyl groups is 1. The number of hydrogen-bond acceptors (Lipinski definition) is 9. The molecule has 2 unspecified atom stereocenters. The summed E-state index contributed by atoms with van der Waals surface area (Å²) in [5.41, 5.74) is 3.91. The highest BCUT2D eigenvalue weighted by Crippen LogP contribution is 2.29. The molecule has 0 heterocycles. The molecule has 2 atom stereocenters. The number of hydrogen-bond donors (Lipinski definition) is 4. The molecule has 0 aliphatic carbocycles. The number of aliphatic hydroxyl groups excluding tert-OH is 1. The van der Waals surface area contributed by atoms with Gasteiger partial charge in [-0.25, -0.2) is 0 Å². The summed E-state index contributed by atoms with van der Waals surface area (Å²) in [5, 5.41) is 55.4. The van der Waals surface area contributed by atoms with Crippen LogP contribution >= 0.6 is 0 Å². The summed E-state index contributed by atoms with van der Waals surface area (Å²) in [7, 11) is 0.